The SMILES string of the molecule is COCCc1ccccc1NCC1CCCCCC1. The van der Waals surface area contributed by atoms with Crippen LogP contribution in [0.1, 0.15) is 44.1 Å². The fraction of sp³-hybridized carbons (Fsp3) is 0.647. The summed E-state index contributed by atoms with van der Waals surface area (Å²) in [7, 11) is 1.77. The van der Waals surface area contributed by atoms with Crippen LogP contribution in [0.3, 0.4) is 0 Å². The highest BCUT2D eigenvalue weighted by Crippen LogP contribution is 2.24. The number of ether oxygens (including phenoxy) is 1. The maximum Gasteiger partial charge on any atom is 0.0503 e. The molecule has 19 heavy (non-hydrogen) atoms. The van der Waals surface area contributed by atoms with E-state index in [4.69, 9.17) is 4.74 Å². The van der Waals surface area contributed by atoms with Crippen LogP contribution < -0.4 is 5.32 Å². The van der Waals surface area contributed by atoms with Crippen molar-refractivity contribution >= 4 is 5.69 Å². The zero-order valence-electron chi connectivity index (χ0n) is 12.2. The van der Waals surface area contributed by atoms with E-state index >= 15 is 0 Å². The largest absolute Gasteiger partial charge is 0.385 e. The van der Waals surface area contributed by atoms with E-state index in [2.05, 4.69) is 29.6 Å². The molecule has 1 N–H and O–H groups in total. The number of anilines is 1. The van der Waals surface area contributed by atoms with E-state index in [0.29, 0.717) is 0 Å². The molecule has 1 aliphatic rings. The molecule has 0 unspecified atom stereocenters. The Morgan fingerprint density at radius 3 is 2.58 bits per heavy atom. The molecule has 2 heteroatoms. The Balaban J connectivity index is 1.87. The lowest BCUT2D eigenvalue weighted by Gasteiger charge is -2.17. The quantitative estimate of drug-likeness (QED) is 0.773. The first-order valence-electron chi connectivity index (χ1n) is 7.71. The number of hydrogen-bond donors (Lipinski definition) is 1. The Morgan fingerprint density at radius 2 is 1.84 bits per heavy atom. The Kier molecular flexibility index (Phi) is 6.22. The van der Waals surface area contributed by atoms with Gasteiger partial charge in [-0.2, -0.15) is 0 Å². The summed E-state index contributed by atoms with van der Waals surface area (Å²) in [6.07, 6.45) is 9.47. The number of nitrogens with one attached hydrogen (secondary N) is 1. The monoisotopic (exact) mass is 261 g/mol. The zero-order valence-corrected chi connectivity index (χ0v) is 12.2. The van der Waals surface area contributed by atoms with Gasteiger partial charge in [-0.15, -0.1) is 0 Å². The van der Waals surface area contributed by atoms with Gasteiger partial charge in [0.05, 0.1) is 6.61 Å². The summed E-state index contributed by atoms with van der Waals surface area (Å²) < 4.78 is 5.18. The first-order chi connectivity index (χ1) is 9.40. The van der Waals surface area contributed by atoms with Gasteiger partial charge in [0, 0.05) is 19.3 Å². The van der Waals surface area contributed by atoms with Gasteiger partial charge >= 0.3 is 0 Å². The second-order valence-corrected chi connectivity index (χ2v) is 5.64. The molecule has 2 nitrogen and oxygen atoms in total. The molecule has 0 saturated heterocycles. The molecular formula is C17H27NO. The zero-order chi connectivity index (χ0) is 13.3. The highest BCUT2D eigenvalue weighted by Gasteiger charge is 2.12. The minimum atomic E-state index is 0.794. The first-order valence-corrected chi connectivity index (χ1v) is 7.71. The van der Waals surface area contributed by atoms with Crippen molar-refractivity contribution in [2.75, 3.05) is 25.6 Å². The molecule has 2 rings (SSSR count). The summed E-state index contributed by atoms with van der Waals surface area (Å²) in [5, 5.41) is 3.66. The van der Waals surface area contributed by atoms with Crippen LogP contribution in [-0.4, -0.2) is 20.3 Å². The molecule has 1 aliphatic carbocycles. The van der Waals surface area contributed by atoms with E-state index in [0.717, 1.165) is 25.5 Å². The predicted molar refractivity (Wildman–Crippen MR) is 81.7 cm³/mol. The standard InChI is InChI=1S/C17H27NO/c1-19-13-12-16-10-6-7-11-17(16)18-14-15-8-4-2-3-5-9-15/h6-7,10-11,15,18H,2-5,8-9,12-14H2,1H3. The molecule has 1 saturated carbocycles. The molecule has 0 amide bonds. The average Bonchev–Trinajstić information content (AvgIpc) is 2.72. The number of rotatable bonds is 6. The number of para-hydroxylation sites is 1. The smallest absolute Gasteiger partial charge is 0.0503 e. The van der Waals surface area contributed by atoms with Crippen LogP contribution in [0.25, 0.3) is 0 Å². The Labute approximate surface area is 117 Å². The fourth-order valence-corrected chi connectivity index (χ4v) is 2.95. The van der Waals surface area contributed by atoms with E-state index in [-0.39, 0.29) is 0 Å². The first kappa shape index (κ1) is 14.4. The number of benzene rings is 1. The van der Waals surface area contributed by atoms with Crippen LogP contribution in [0.15, 0.2) is 24.3 Å². The van der Waals surface area contributed by atoms with E-state index in [1.54, 1.807) is 7.11 Å². The number of methoxy groups -OCH3 is 1. The van der Waals surface area contributed by atoms with Crippen LogP contribution in [0.2, 0.25) is 0 Å². The second kappa shape index (κ2) is 8.21. The summed E-state index contributed by atoms with van der Waals surface area (Å²) >= 11 is 0. The summed E-state index contributed by atoms with van der Waals surface area (Å²) in [6.45, 7) is 1.92. The minimum absolute atomic E-state index is 0.794. The lowest BCUT2D eigenvalue weighted by Crippen LogP contribution is -2.15. The summed E-state index contributed by atoms with van der Waals surface area (Å²) in [5.41, 5.74) is 2.67. The normalized spacial score (nSPS) is 17.1. The van der Waals surface area contributed by atoms with Crippen LogP contribution in [0, 0.1) is 5.92 Å². The van der Waals surface area contributed by atoms with Crippen LogP contribution >= 0.6 is 0 Å². The maximum absolute atomic E-state index is 5.18. The maximum atomic E-state index is 5.18. The summed E-state index contributed by atoms with van der Waals surface area (Å²) in [5.74, 6) is 0.859. The van der Waals surface area contributed by atoms with Gasteiger partial charge in [0.2, 0.25) is 0 Å². The van der Waals surface area contributed by atoms with Gasteiger partial charge < -0.3 is 10.1 Å². The second-order valence-electron chi connectivity index (χ2n) is 5.64. The van der Waals surface area contributed by atoms with Crippen molar-refractivity contribution in [3.8, 4) is 0 Å². The van der Waals surface area contributed by atoms with Crippen molar-refractivity contribution in [1.29, 1.82) is 0 Å². The molecular weight excluding hydrogens is 234 g/mol. The number of hydrogen-bond acceptors (Lipinski definition) is 2. The molecule has 1 aromatic rings. The van der Waals surface area contributed by atoms with Gasteiger partial charge in [0.25, 0.3) is 0 Å². The third-order valence-corrected chi connectivity index (χ3v) is 4.15. The molecule has 0 bridgehead atoms. The highest BCUT2D eigenvalue weighted by molar-refractivity contribution is 5.51. The molecule has 0 heterocycles. The minimum Gasteiger partial charge on any atom is -0.385 e. The van der Waals surface area contributed by atoms with Crippen molar-refractivity contribution in [3.05, 3.63) is 29.8 Å². The predicted octanol–water partition coefficient (Wildman–Crippen LogP) is 4.26. The van der Waals surface area contributed by atoms with E-state index in [1.807, 2.05) is 0 Å². The van der Waals surface area contributed by atoms with E-state index < -0.39 is 0 Å². The Morgan fingerprint density at radius 1 is 1.11 bits per heavy atom. The molecule has 0 atom stereocenters. The molecule has 0 aliphatic heterocycles. The van der Waals surface area contributed by atoms with Crippen molar-refractivity contribution in [2.24, 2.45) is 5.92 Å². The van der Waals surface area contributed by atoms with Gasteiger partial charge in [0.15, 0.2) is 0 Å². The van der Waals surface area contributed by atoms with E-state index in [9.17, 15) is 0 Å². The molecule has 106 valence electrons. The lowest BCUT2D eigenvalue weighted by atomic mass is 10.00. The molecule has 0 spiro atoms. The van der Waals surface area contributed by atoms with Gasteiger partial charge in [-0.1, -0.05) is 43.9 Å². The third-order valence-electron chi connectivity index (χ3n) is 4.15. The Hall–Kier alpha value is -1.02. The summed E-state index contributed by atoms with van der Waals surface area (Å²) in [4.78, 5) is 0. The van der Waals surface area contributed by atoms with Gasteiger partial charge in [-0.05, 0) is 36.8 Å². The van der Waals surface area contributed by atoms with Crippen molar-refractivity contribution in [2.45, 2.75) is 44.9 Å². The van der Waals surface area contributed by atoms with Gasteiger partial charge in [0.1, 0.15) is 0 Å². The molecule has 0 aromatic heterocycles. The van der Waals surface area contributed by atoms with Crippen LogP contribution in [-0.2, 0) is 11.2 Å². The fourth-order valence-electron chi connectivity index (χ4n) is 2.95. The Bertz CT molecular complexity index is 356. The van der Waals surface area contributed by atoms with E-state index in [1.165, 1.54) is 49.8 Å². The topological polar surface area (TPSA) is 21.3 Å². The van der Waals surface area contributed by atoms with Crippen molar-refractivity contribution in [3.63, 3.8) is 0 Å². The summed E-state index contributed by atoms with van der Waals surface area (Å²) in [6, 6.07) is 8.63. The average molecular weight is 261 g/mol. The molecule has 1 fully saturated rings. The highest BCUT2D eigenvalue weighted by atomic mass is 16.5. The molecule has 0 radical (unpaired) electrons. The van der Waals surface area contributed by atoms with Crippen molar-refractivity contribution in [1.82, 2.24) is 0 Å². The molecule has 1 aromatic carbocycles. The van der Waals surface area contributed by atoms with Crippen LogP contribution in [0.4, 0.5) is 5.69 Å². The lowest BCUT2D eigenvalue weighted by molar-refractivity contribution is 0.202. The third kappa shape index (κ3) is 4.87. The van der Waals surface area contributed by atoms with Crippen LogP contribution in [0.5, 0.6) is 0 Å². The van der Waals surface area contributed by atoms with Gasteiger partial charge in [-0.3, -0.25) is 0 Å². The van der Waals surface area contributed by atoms with Crippen molar-refractivity contribution < 1.29 is 4.74 Å². The van der Waals surface area contributed by atoms with Gasteiger partial charge in [-0.25, -0.2) is 0 Å².